The van der Waals surface area contributed by atoms with Crippen LogP contribution in [0.5, 0.6) is 0 Å². The Morgan fingerprint density at radius 3 is 2.53 bits per heavy atom. The van der Waals surface area contributed by atoms with Crippen molar-refractivity contribution in [3.05, 3.63) is 60.1 Å². The van der Waals surface area contributed by atoms with E-state index in [0.717, 1.165) is 5.56 Å². The van der Waals surface area contributed by atoms with Crippen molar-refractivity contribution in [2.24, 2.45) is 0 Å². The average molecular weight is 226 g/mol. The van der Waals surface area contributed by atoms with E-state index in [1.807, 2.05) is 37.3 Å². The predicted molar refractivity (Wildman–Crippen MR) is 65.1 cm³/mol. The van der Waals surface area contributed by atoms with Gasteiger partial charge in [-0.1, -0.05) is 30.3 Å². The second-order valence-corrected chi connectivity index (χ2v) is 3.88. The Hall–Kier alpha value is -2.05. The highest BCUT2D eigenvalue weighted by atomic mass is 16.3. The Balaban J connectivity index is 2.08. The lowest BCUT2D eigenvalue weighted by Gasteiger charge is -2.17. The fraction of sp³-hybridized carbons (Fsp3) is 0.214. The number of nitrogens with zero attached hydrogens (tertiary/aromatic N) is 1. The van der Waals surface area contributed by atoms with Crippen LogP contribution >= 0.6 is 0 Å². The van der Waals surface area contributed by atoms with Crippen LogP contribution in [0.25, 0.3) is 0 Å². The topological polar surface area (TPSA) is 49.0 Å². The average Bonchev–Trinajstić information content (AvgIpc) is 2.90. The second-order valence-electron chi connectivity index (χ2n) is 3.88. The van der Waals surface area contributed by atoms with Gasteiger partial charge in [0.1, 0.15) is 5.76 Å². The Morgan fingerprint density at radius 2 is 1.94 bits per heavy atom. The first-order valence-corrected chi connectivity index (χ1v) is 5.55. The maximum absolute atomic E-state index is 9.12. The van der Waals surface area contributed by atoms with E-state index >= 15 is 0 Å². The number of furan rings is 1. The summed E-state index contributed by atoms with van der Waals surface area (Å²) in [6.45, 7) is 2.03. The molecule has 0 aliphatic carbocycles. The van der Waals surface area contributed by atoms with E-state index in [-0.39, 0.29) is 6.04 Å². The monoisotopic (exact) mass is 226 g/mol. The molecule has 0 radical (unpaired) electrons. The highest BCUT2D eigenvalue weighted by molar-refractivity contribution is 5.20. The van der Waals surface area contributed by atoms with Crippen molar-refractivity contribution in [2.75, 3.05) is 0 Å². The molecule has 2 rings (SSSR count). The molecule has 1 aromatic carbocycles. The minimum atomic E-state index is -0.416. The zero-order valence-electron chi connectivity index (χ0n) is 9.63. The molecule has 0 unspecified atom stereocenters. The quantitative estimate of drug-likeness (QED) is 0.870. The van der Waals surface area contributed by atoms with E-state index < -0.39 is 6.04 Å². The second kappa shape index (κ2) is 5.33. The van der Waals surface area contributed by atoms with Crippen LogP contribution in [-0.4, -0.2) is 0 Å². The number of hydrogen-bond donors (Lipinski definition) is 1. The Bertz CT molecular complexity index is 485. The highest BCUT2D eigenvalue weighted by Crippen LogP contribution is 2.19. The third kappa shape index (κ3) is 2.74. The molecule has 2 aromatic rings. The molecule has 0 spiro atoms. The molecule has 3 nitrogen and oxygen atoms in total. The fourth-order valence-electron chi connectivity index (χ4n) is 1.73. The predicted octanol–water partition coefficient (Wildman–Crippen LogP) is 3.20. The van der Waals surface area contributed by atoms with Gasteiger partial charge in [0.2, 0.25) is 0 Å². The molecule has 0 aliphatic heterocycles. The zero-order valence-corrected chi connectivity index (χ0v) is 9.63. The number of nitriles is 1. The summed E-state index contributed by atoms with van der Waals surface area (Å²) in [6, 6.07) is 15.5. The van der Waals surface area contributed by atoms with E-state index in [2.05, 4.69) is 11.4 Å². The summed E-state index contributed by atoms with van der Waals surface area (Å²) in [5.41, 5.74) is 1.15. The number of rotatable bonds is 4. The lowest BCUT2D eigenvalue weighted by Crippen LogP contribution is -2.23. The molecule has 0 bridgehead atoms. The van der Waals surface area contributed by atoms with Crippen LogP contribution in [-0.2, 0) is 0 Å². The molecule has 0 amide bonds. The molecule has 86 valence electrons. The van der Waals surface area contributed by atoms with Crippen LogP contribution in [0, 0.1) is 11.3 Å². The number of hydrogen-bond acceptors (Lipinski definition) is 3. The van der Waals surface area contributed by atoms with Crippen molar-refractivity contribution in [3.63, 3.8) is 0 Å². The Labute approximate surface area is 101 Å². The molecular formula is C14H14N2O. The SMILES string of the molecule is C[C@@H](N[C@H](C#N)c1ccco1)c1ccccc1. The summed E-state index contributed by atoms with van der Waals surface area (Å²) in [7, 11) is 0. The van der Waals surface area contributed by atoms with Crippen LogP contribution in [0.2, 0.25) is 0 Å². The van der Waals surface area contributed by atoms with Gasteiger partial charge in [0.15, 0.2) is 6.04 Å². The number of nitrogens with one attached hydrogen (secondary N) is 1. The maximum Gasteiger partial charge on any atom is 0.154 e. The van der Waals surface area contributed by atoms with Crippen molar-refractivity contribution in [1.29, 1.82) is 5.26 Å². The van der Waals surface area contributed by atoms with Gasteiger partial charge in [0.05, 0.1) is 12.3 Å². The minimum Gasteiger partial charge on any atom is -0.467 e. The first-order valence-electron chi connectivity index (χ1n) is 5.55. The lowest BCUT2D eigenvalue weighted by molar-refractivity contribution is 0.431. The molecule has 0 saturated heterocycles. The molecule has 1 N–H and O–H groups in total. The van der Waals surface area contributed by atoms with Crippen molar-refractivity contribution in [1.82, 2.24) is 5.32 Å². The van der Waals surface area contributed by atoms with Crippen LogP contribution < -0.4 is 5.32 Å². The third-order valence-corrected chi connectivity index (χ3v) is 2.67. The molecule has 1 aromatic heterocycles. The van der Waals surface area contributed by atoms with Gasteiger partial charge in [-0.05, 0) is 24.6 Å². The zero-order chi connectivity index (χ0) is 12.1. The lowest BCUT2D eigenvalue weighted by atomic mass is 10.1. The van der Waals surface area contributed by atoms with Crippen molar-refractivity contribution < 1.29 is 4.42 Å². The van der Waals surface area contributed by atoms with Gasteiger partial charge in [-0.2, -0.15) is 5.26 Å². The molecule has 2 atom stereocenters. The van der Waals surface area contributed by atoms with E-state index in [1.165, 1.54) is 0 Å². The van der Waals surface area contributed by atoms with E-state index in [9.17, 15) is 0 Å². The summed E-state index contributed by atoms with van der Waals surface area (Å²) in [4.78, 5) is 0. The molecule has 3 heteroatoms. The highest BCUT2D eigenvalue weighted by Gasteiger charge is 2.16. The minimum absolute atomic E-state index is 0.103. The van der Waals surface area contributed by atoms with Gasteiger partial charge in [0, 0.05) is 6.04 Å². The molecule has 17 heavy (non-hydrogen) atoms. The third-order valence-electron chi connectivity index (χ3n) is 2.67. The van der Waals surface area contributed by atoms with Crippen molar-refractivity contribution in [2.45, 2.75) is 19.0 Å². The standard InChI is InChI=1S/C14H14N2O/c1-11(12-6-3-2-4-7-12)16-13(10-15)14-8-5-9-17-14/h2-9,11,13,16H,1H3/t11-,13-/m1/s1. The first kappa shape index (κ1) is 11.4. The summed E-state index contributed by atoms with van der Waals surface area (Å²) >= 11 is 0. The van der Waals surface area contributed by atoms with Crippen molar-refractivity contribution in [3.8, 4) is 6.07 Å². The molecule has 0 aliphatic rings. The normalized spacial score (nSPS) is 13.9. The van der Waals surface area contributed by atoms with Crippen LogP contribution in [0.4, 0.5) is 0 Å². The number of benzene rings is 1. The summed E-state index contributed by atoms with van der Waals surface area (Å²) in [5, 5.41) is 12.4. The maximum atomic E-state index is 9.12. The molecule has 1 heterocycles. The van der Waals surface area contributed by atoms with E-state index in [1.54, 1.807) is 18.4 Å². The summed E-state index contributed by atoms with van der Waals surface area (Å²) in [5.74, 6) is 0.648. The Morgan fingerprint density at radius 1 is 1.18 bits per heavy atom. The fourth-order valence-corrected chi connectivity index (χ4v) is 1.73. The van der Waals surface area contributed by atoms with Crippen LogP contribution in [0.1, 0.15) is 30.3 Å². The largest absolute Gasteiger partial charge is 0.467 e. The van der Waals surface area contributed by atoms with Gasteiger partial charge >= 0.3 is 0 Å². The van der Waals surface area contributed by atoms with Gasteiger partial charge in [-0.3, -0.25) is 5.32 Å². The smallest absolute Gasteiger partial charge is 0.154 e. The van der Waals surface area contributed by atoms with Gasteiger partial charge in [0.25, 0.3) is 0 Å². The molecule has 0 fully saturated rings. The molecular weight excluding hydrogens is 212 g/mol. The van der Waals surface area contributed by atoms with Gasteiger partial charge in [-0.15, -0.1) is 0 Å². The van der Waals surface area contributed by atoms with Crippen LogP contribution in [0.15, 0.2) is 53.1 Å². The Kier molecular flexibility index (Phi) is 3.59. The summed E-state index contributed by atoms with van der Waals surface area (Å²) in [6.07, 6.45) is 1.58. The van der Waals surface area contributed by atoms with Crippen LogP contribution in [0.3, 0.4) is 0 Å². The van der Waals surface area contributed by atoms with Crippen molar-refractivity contribution >= 4 is 0 Å². The summed E-state index contributed by atoms with van der Waals surface area (Å²) < 4.78 is 5.24. The van der Waals surface area contributed by atoms with Gasteiger partial charge < -0.3 is 4.42 Å². The van der Waals surface area contributed by atoms with Gasteiger partial charge in [-0.25, -0.2) is 0 Å². The van der Waals surface area contributed by atoms with E-state index in [0.29, 0.717) is 5.76 Å². The van der Waals surface area contributed by atoms with E-state index in [4.69, 9.17) is 9.68 Å². The first-order chi connectivity index (χ1) is 8.31. The molecule has 0 saturated carbocycles.